The summed E-state index contributed by atoms with van der Waals surface area (Å²) >= 11 is 0. The Kier molecular flexibility index (Phi) is 4.59. The van der Waals surface area contributed by atoms with Crippen molar-refractivity contribution in [2.24, 2.45) is 11.7 Å². The van der Waals surface area contributed by atoms with Crippen LogP contribution < -0.4 is 10.6 Å². The van der Waals surface area contributed by atoms with Gasteiger partial charge in [-0.05, 0) is 43.4 Å². The van der Waals surface area contributed by atoms with Crippen LogP contribution in [0.4, 0.5) is 10.1 Å². The molecule has 1 aromatic rings. The Balaban J connectivity index is 2.17. The second kappa shape index (κ2) is 6.19. The van der Waals surface area contributed by atoms with E-state index in [1.807, 2.05) is 6.07 Å². The fourth-order valence-electron chi connectivity index (χ4n) is 2.95. The van der Waals surface area contributed by atoms with Crippen molar-refractivity contribution in [1.29, 1.82) is 0 Å². The Bertz CT molecular complexity index is 392. The summed E-state index contributed by atoms with van der Waals surface area (Å²) in [6, 6.07) is 5.34. The van der Waals surface area contributed by atoms with E-state index in [1.54, 1.807) is 12.1 Å². The lowest BCUT2D eigenvalue weighted by atomic mass is 10.0. The van der Waals surface area contributed by atoms with Crippen LogP contribution >= 0.6 is 0 Å². The normalized spacial score (nSPS) is 19.5. The highest BCUT2D eigenvalue weighted by Gasteiger charge is 2.25. The number of nitrogens with two attached hydrogens (primary N) is 1. The molecule has 0 amide bonds. The molecule has 1 unspecified atom stereocenters. The van der Waals surface area contributed by atoms with Crippen LogP contribution in [0.15, 0.2) is 18.2 Å². The van der Waals surface area contributed by atoms with Gasteiger partial charge in [-0.25, -0.2) is 4.39 Å². The first-order valence-electron chi connectivity index (χ1n) is 6.98. The molecule has 18 heavy (non-hydrogen) atoms. The third-order valence-electron chi connectivity index (χ3n) is 3.78. The molecule has 2 rings (SSSR count). The summed E-state index contributed by atoms with van der Waals surface area (Å²) in [4.78, 5) is 2.21. The minimum absolute atomic E-state index is 0.0990. The van der Waals surface area contributed by atoms with E-state index in [2.05, 4.69) is 11.8 Å². The number of hydrogen-bond acceptors (Lipinski definition) is 2. The molecule has 0 bridgehead atoms. The number of nitrogens with zero attached hydrogens (tertiary/aromatic N) is 1. The molecule has 0 aromatic heterocycles. The van der Waals surface area contributed by atoms with Gasteiger partial charge < -0.3 is 10.6 Å². The third kappa shape index (κ3) is 2.83. The molecule has 2 N–H and O–H groups in total. The van der Waals surface area contributed by atoms with Gasteiger partial charge in [-0.15, -0.1) is 0 Å². The molecule has 1 saturated heterocycles. The van der Waals surface area contributed by atoms with E-state index in [-0.39, 0.29) is 5.82 Å². The third-order valence-corrected chi connectivity index (χ3v) is 3.78. The quantitative estimate of drug-likeness (QED) is 0.870. The summed E-state index contributed by atoms with van der Waals surface area (Å²) in [5, 5.41) is 0. The minimum atomic E-state index is -0.0990. The molecule has 3 heteroatoms. The first-order chi connectivity index (χ1) is 8.76. The molecule has 2 nitrogen and oxygen atoms in total. The van der Waals surface area contributed by atoms with Crippen LogP contribution in [0, 0.1) is 11.7 Å². The highest BCUT2D eigenvalue weighted by molar-refractivity contribution is 5.55. The lowest BCUT2D eigenvalue weighted by Gasteiger charge is -2.22. The highest BCUT2D eigenvalue weighted by atomic mass is 19.1. The van der Waals surface area contributed by atoms with Crippen LogP contribution in [0.1, 0.15) is 31.7 Å². The second-order valence-electron chi connectivity index (χ2n) is 5.18. The Morgan fingerprint density at radius 2 is 2.28 bits per heavy atom. The predicted molar refractivity (Wildman–Crippen MR) is 74.4 cm³/mol. The lowest BCUT2D eigenvalue weighted by molar-refractivity contribution is 0.528. The van der Waals surface area contributed by atoms with Gasteiger partial charge in [0.2, 0.25) is 0 Å². The van der Waals surface area contributed by atoms with Crippen LogP contribution in [-0.2, 0) is 6.42 Å². The number of benzene rings is 1. The Hall–Kier alpha value is -1.09. The molecule has 0 saturated carbocycles. The van der Waals surface area contributed by atoms with Crippen molar-refractivity contribution in [3.05, 3.63) is 29.6 Å². The van der Waals surface area contributed by atoms with Crippen molar-refractivity contribution < 1.29 is 4.39 Å². The first-order valence-corrected chi connectivity index (χ1v) is 6.98. The van der Waals surface area contributed by atoms with Gasteiger partial charge in [0, 0.05) is 13.1 Å². The van der Waals surface area contributed by atoms with E-state index in [0.717, 1.165) is 36.7 Å². The number of anilines is 1. The van der Waals surface area contributed by atoms with Crippen molar-refractivity contribution >= 4 is 5.69 Å². The van der Waals surface area contributed by atoms with E-state index >= 15 is 0 Å². The molecular formula is C15H23FN2. The Labute approximate surface area is 109 Å². The van der Waals surface area contributed by atoms with Crippen molar-refractivity contribution in [1.82, 2.24) is 0 Å². The van der Waals surface area contributed by atoms with Crippen molar-refractivity contribution in [3.63, 3.8) is 0 Å². The smallest absolute Gasteiger partial charge is 0.146 e. The molecule has 0 radical (unpaired) electrons. The summed E-state index contributed by atoms with van der Waals surface area (Å²) < 4.78 is 14.1. The summed E-state index contributed by atoms with van der Waals surface area (Å²) in [6.07, 6.45) is 4.40. The maximum Gasteiger partial charge on any atom is 0.146 e. The Morgan fingerprint density at radius 1 is 1.44 bits per heavy atom. The Morgan fingerprint density at radius 3 is 3.00 bits per heavy atom. The number of halogens is 1. The van der Waals surface area contributed by atoms with Crippen molar-refractivity contribution in [3.8, 4) is 0 Å². The maximum absolute atomic E-state index is 14.1. The number of hydrogen-bond donors (Lipinski definition) is 1. The fraction of sp³-hybridized carbons (Fsp3) is 0.600. The van der Waals surface area contributed by atoms with E-state index in [1.165, 1.54) is 19.3 Å². The van der Waals surface area contributed by atoms with Gasteiger partial charge in [0.15, 0.2) is 0 Å². The predicted octanol–water partition coefficient (Wildman–Crippen LogP) is 2.95. The van der Waals surface area contributed by atoms with Crippen LogP contribution in [0.2, 0.25) is 0 Å². The van der Waals surface area contributed by atoms with Gasteiger partial charge >= 0.3 is 0 Å². The SMILES string of the molecule is CCCC1CCN(c2c(F)cccc2CCN)C1. The summed E-state index contributed by atoms with van der Waals surface area (Å²) in [5.41, 5.74) is 7.46. The van der Waals surface area contributed by atoms with Crippen molar-refractivity contribution in [2.45, 2.75) is 32.6 Å². The van der Waals surface area contributed by atoms with E-state index in [4.69, 9.17) is 5.73 Å². The van der Waals surface area contributed by atoms with Gasteiger partial charge in [0.05, 0.1) is 5.69 Å². The molecule has 1 heterocycles. The fourth-order valence-corrected chi connectivity index (χ4v) is 2.95. The first kappa shape index (κ1) is 13.3. The lowest BCUT2D eigenvalue weighted by Crippen LogP contribution is -2.23. The van der Waals surface area contributed by atoms with E-state index in [9.17, 15) is 4.39 Å². The highest BCUT2D eigenvalue weighted by Crippen LogP contribution is 2.31. The zero-order chi connectivity index (χ0) is 13.0. The molecule has 1 fully saturated rings. The maximum atomic E-state index is 14.1. The average molecular weight is 250 g/mol. The molecule has 1 aromatic carbocycles. The summed E-state index contributed by atoms with van der Waals surface area (Å²) in [7, 11) is 0. The van der Waals surface area contributed by atoms with Crippen LogP contribution in [0.3, 0.4) is 0 Å². The molecule has 1 aliphatic rings. The molecule has 1 atom stereocenters. The van der Waals surface area contributed by atoms with Gasteiger partial charge in [0.25, 0.3) is 0 Å². The van der Waals surface area contributed by atoms with Gasteiger partial charge in [-0.3, -0.25) is 0 Å². The standard InChI is InChI=1S/C15H23FN2/c1-2-4-12-8-10-18(11-12)15-13(7-9-17)5-3-6-14(15)16/h3,5-6,12H,2,4,7-11,17H2,1H3. The second-order valence-corrected chi connectivity index (χ2v) is 5.18. The summed E-state index contributed by atoms with van der Waals surface area (Å²) in [6.45, 7) is 4.75. The minimum Gasteiger partial charge on any atom is -0.369 e. The van der Waals surface area contributed by atoms with E-state index < -0.39 is 0 Å². The molecule has 0 aliphatic carbocycles. The van der Waals surface area contributed by atoms with Gasteiger partial charge in [0.1, 0.15) is 5.82 Å². The number of rotatable bonds is 5. The van der Waals surface area contributed by atoms with E-state index in [0.29, 0.717) is 6.54 Å². The van der Waals surface area contributed by atoms with Crippen molar-refractivity contribution in [2.75, 3.05) is 24.5 Å². The molecule has 100 valence electrons. The zero-order valence-electron chi connectivity index (χ0n) is 11.2. The van der Waals surface area contributed by atoms with Crippen LogP contribution in [0.25, 0.3) is 0 Å². The molecular weight excluding hydrogens is 227 g/mol. The average Bonchev–Trinajstić information content (AvgIpc) is 2.78. The van der Waals surface area contributed by atoms with Crippen LogP contribution in [0.5, 0.6) is 0 Å². The molecule has 1 aliphatic heterocycles. The topological polar surface area (TPSA) is 29.3 Å². The number of para-hydroxylation sites is 1. The summed E-state index contributed by atoms with van der Waals surface area (Å²) in [5.74, 6) is 0.624. The monoisotopic (exact) mass is 250 g/mol. The van der Waals surface area contributed by atoms with Crippen LogP contribution in [-0.4, -0.2) is 19.6 Å². The largest absolute Gasteiger partial charge is 0.369 e. The van der Waals surface area contributed by atoms with Gasteiger partial charge in [-0.2, -0.15) is 0 Å². The molecule has 0 spiro atoms. The van der Waals surface area contributed by atoms with Gasteiger partial charge in [-0.1, -0.05) is 25.5 Å². The zero-order valence-corrected chi connectivity index (χ0v) is 11.2.